The van der Waals surface area contributed by atoms with E-state index in [0.29, 0.717) is 0 Å². The Balaban J connectivity index is 4.78. The van der Waals surface area contributed by atoms with E-state index in [0.717, 1.165) is 14.0 Å². The number of nitrogens with two attached hydrogens (primary N) is 1. The minimum absolute atomic E-state index is 0.860. The molecule has 0 unspecified atom stereocenters. The van der Waals surface area contributed by atoms with Gasteiger partial charge in [0.1, 0.15) is 6.04 Å². The van der Waals surface area contributed by atoms with E-state index in [9.17, 15) is 22.8 Å². The Morgan fingerprint density at radius 1 is 1.33 bits per heavy atom. The van der Waals surface area contributed by atoms with Crippen molar-refractivity contribution in [3.05, 3.63) is 0 Å². The summed E-state index contributed by atoms with van der Waals surface area (Å²) in [5.74, 6) is -2.40. The van der Waals surface area contributed by atoms with Crippen LogP contribution >= 0.6 is 0 Å². The van der Waals surface area contributed by atoms with Crippen molar-refractivity contribution in [2.45, 2.75) is 25.2 Å². The highest BCUT2D eigenvalue weighted by Crippen LogP contribution is 2.22. The second kappa shape index (κ2) is 4.96. The summed E-state index contributed by atoms with van der Waals surface area (Å²) in [6, 6.07) is -2.60. The van der Waals surface area contributed by atoms with E-state index in [4.69, 9.17) is 5.73 Å². The quantitative estimate of drug-likeness (QED) is 0.688. The lowest BCUT2D eigenvalue weighted by Crippen LogP contribution is -2.52. The molecule has 0 spiro atoms. The van der Waals surface area contributed by atoms with Crippen LogP contribution in [0.4, 0.5) is 13.2 Å². The summed E-state index contributed by atoms with van der Waals surface area (Å²) in [5.41, 5.74) is 4.72. The van der Waals surface area contributed by atoms with Crippen LogP contribution in [0.3, 0.4) is 0 Å². The van der Waals surface area contributed by atoms with Crippen molar-refractivity contribution in [2.24, 2.45) is 5.73 Å². The maximum atomic E-state index is 12.1. The van der Waals surface area contributed by atoms with Gasteiger partial charge in [-0.25, -0.2) is 4.79 Å². The average molecular weight is 229 g/mol. The van der Waals surface area contributed by atoms with Gasteiger partial charge in [-0.05, 0) is 0 Å². The van der Waals surface area contributed by atoms with E-state index in [1.54, 1.807) is 0 Å². The first-order valence-corrected chi connectivity index (χ1v) is 3.77. The number of methoxy groups -OCH3 is 1. The minimum Gasteiger partial charge on any atom is -0.466 e. The molecule has 0 saturated carbocycles. The van der Waals surface area contributed by atoms with Crippen LogP contribution in [0, 0.1) is 0 Å². The Bertz CT molecular complexity index is 253. The van der Waals surface area contributed by atoms with Crippen LogP contribution in [0.1, 0.15) is 6.92 Å². The molecule has 0 aliphatic carbocycles. The monoisotopic (exact) mass is 229 g/mol. The summed E-state index contributed by atoms with van der Waals surface area (Å²) in [4.78, 5) is 21.3. The summed E-state index contributed by atoms with van der Waals surface area (Å²) in [6.07, 6.45) is -7.03. The summed E-state index contributed by atoms with van der Waals surface area (Å²) in [6.45, 7) is 0.860. The Morgan fingerprint density at radius 2 is 1.80 bits per heavy atom. The van der Waals surface area contributed by atoms with Gasteiger partial charge in [-0.2, -0.15) is 13.2 Å². The molecule has 5 nitrogen and oxygen atoms in total. The number of carbonyl (C=O) groups excluding carboxylic acids is 2. The first-order chi connectivity index (χ1) is 6.70. The largest absolute Gasteiger partial charge is 0.466 e. The number of halogens is 3. The van der Waals surface area contributed by atoms with Gasteiger partial charge in [0, 0.05) is 6.92 Å². The molecule has 15 heavy (non-hydrogen) atoms. The van der Waals surface area contributed by atoms with Gasteiger partial charge >= 0.3 is 18.1 Å². The molecule has 0 amide bonds. The summed E-state index contributed by atoms with van der Waals surface area (Å²) >= 11 is 0. The molecule has 2 atom stereocenters. The van der Waals surface area contributed by atoms with E-state index >= 15 is 0 Å². The number of hydrogen-bond acceptors (Lipinski definition) is 5. The SMILES string of the molecule is COC(=O)[C@@H](OC(C)=O)[C@H](N)C(F)(F)F. The second-order valence-corrected chi connectivity index (χ2v) is 2.62. The van der Waals surface area contributed by atoms with Gasteiger partial charge in [0.2, 0.25) is 6.10 Å². The molecule has 0 radical (unpaired) electrons. The fourth-order valence-corrected chi connectivity index (χ4v) is 0.735. The number of carbonyl (C=O) groups is 2. The van der Waals surface area contributed by atoms with Crippen LogP contribution in [0.2, 0.25) is 0 Å². The van der Waals surface area contributed by atoms with Gasteiger partial charge in [0.25, 0.3) is 0 Å². The smallest absolute Gasteiger partial charge is 0.407 e. The molecule has 0 rings (SSSR count). The van der Waals surface area contributed by atoms with E-state index in [-0.39, 0.29) is 0 Å². The Hall–Kier alpha value is -1.31. The van der Waals surface area contributed by atoms with Crippen molar-refractivity contribution in [3.8, 4) is 0 Å². The van der Waals surface area contributed by atoms with Gasteiger partial charge in [0.15, 0.2) is 0 Å². The maximum Gasteiger partial charge on any atom is 0.407 e. The minimum atomic E-state index is -4.85. The van der Waals surface area contributed by atoms with Crippen molar-refractivity contribution >= 4 is 11.9 Å². The molecule has 8 heteroatoms. The van der Waals surface area contributed by atoms with E-state index in [1.165, 1.54) is 0 Å². The highest BCUT2D eigenvalue weighted by molar-refractivity contribution is 5.79. The van der Waals surface area contributed by atoms with Crippen LogP contribution < -0.4 is 5.73 Å². The molecule has 0 aromatic carbocycles. The highest BCUT2D eigenvalue weighted by atomic mass is 19.4. The van der Waals surface area contributed by atoms with E-state index < -0.39 is 30.3 Å². The van der Waals surface area contributed by atoms with E-state index in [1.807, 2.05) is 0 Å². The van der Waals surface area contributed by atoms with Gasteiger partial charge in [-0.3, -0.25) is 4.79 Å². The fourth-order valence-electron chi connectivity index (χ4n) is 0.735. The van der Waals surface area contributed by atoms with Gasteiger partial charge in [-0.1, -0.05) is 0 Å². The molecule has 0 heterocycles. The third-order valence-corrected chi connectivity index (χ3v) is 1.43. The zero-order valence-corrected chi connectivity index (χ0v) is 8.00. The Morgan fingerprint density at radius 3 is 2.07 bits per heavy atom. The van der Waals surface area contributed by atoms with Gasteiger partial charge in [-0.15, -0.1) is 0 Å². The zero-order valence-electron chi connectivity index (χ0n) is 8.00. The molecule has 0 fully saturated rings. The zero-order chi connectivity index (χ0) is 12.2. The predicted octanol–water partition coefficient (Wildman–Crippen LogP) is -0.0193. The predicted molar refractivity (Wildman–Crippen MR) is 41.6 cm³/mol. The van der Waals surface area contributed by atoms with Crippen LogP contribution in [-0.4, -0.2) is 37.4 Å². The number of esters is 2. The molecule has 0 bridgehead atoms. The second-order valence-electron chi connectivity index (χ2n) is 2.62. The van der Waals surface area contributed by atoms with Crippen molar-refractivity contribution in [1.29, 1.82) is 0 Å². The van der Waals surface area contributed by atoms with Crippen molar-refractivity contribution in [1.82, 2.24) is 0 Å². The third-order valence-electron chi connectivity index (χ3n) is 1.43. The van der Waals surface area contributed by atoms with Crippen molar-refractivity contribution in [2.75, 3.05) is 7.11 Å². The van der Waals surface area contributed by atoms with Gasteiger partial charge < -0.3 is 15.2 Å². The Kier molecular flexibility index (Phi) is 4.53. The normalized spacial score (nSPS) is 15.3. The van der Waals surface area contributed by atoms with Crippen molar-refractivity contribution < 1.29 is 32.2 Å². The van der Waals surface area contributed by atoms with Crippen LogP contribution in [0.15, 0.2) is 0 Å². The lowest BCUT2D eigenvalue weighted by Gasteiger charge is -2.22. The number of ether oxygens (including phenoxy) is 2. The molecule has 0 aliphatic rings. The molecule has 0 aliphatic heterocycles. The van der Waals surface area contributed by atoms with E-state index in [2.05, 4.69) is 9.47 Å². The molecular weight excluding hydrogens is 219 g/mol. The first kappa shape index (κ1) is 13.7. The van der Waals surface area contributed by atoms with Gasteiger partial charge in [0.05, 0.1) is 7.11 Å². The Labute approximate surface area is 83.3 Å². The maximum absolute atomic E-state index is 12.1. The van der Waals surface area contributed by atoms with Crippen LogP contribution in [0.25, 0.3) is 0 Å². The first-order valence-electron chi connectivity index (χ1n) is 3.77. The summed E-state index contributed by atoms with van der Waals surface area (Å²) in [7, 11) is 0.863. The standard InChI is InChI=1S/C7H10F3NO4/c1-3(12)15-4(6(13)14-2)5(11)7(8,9)10/h4-5H,11H2,1-2H3/t4-,5-/m0/s1. The summed E-state index contributed by atoms with van der Waals surface area (Å²) in [5, 5.41) is 0. The lowest BCUT2D eigenvalue weighted by molar-refractivity contribution is -0.194. The third kappa shape index (κ3) is 4.15. The fraction of sp³-hybridized carbons (Fsp3) is 0.714. The topological polar surface area (TPSA) is 78.6 Å². The highest BCUT2D eigenvalue weighted by Gasteiger charge is 2.47. The van der Waals surface area contributed by atoms with Crippen molar-refractivity contribution in [3.63, 3.8) is 0 Å². The average Bonchev–Trinajstić information content (AvgIpc) is 2.10. The molecule has 0 aromatic rings. The molecule has 0 saturated heterocycles. The molecule has 2 N–H and O–H groups in total. The number of hydrogen-bond donors (Lipinski definition) is 1. The number of alkyl halides is 3. The van der Waals surface area contributed by atoms with Crippen LogP contribution in [0.5, 0.6) is 0 Å². The molecular formula is C7H10F3NO4. The summed E-state index contributed by atoms with van der Waals surface area (Å²) < 4.78 is 44.5. The lowest BCUT2D eigenvalue weighted by atomic mass is 10.1. The van der Waals surface area contributed by atoms with Crippen LogP contribution in [-0.2, 0) is 19.1 Å². The molecule has 88 valence electrons. The number of rotatable bonds is 3. The molecule has 0 aromatic heterocycles.